The number of hydrogen-bond acceptors (Lipinski definition) is 3. The Balaban J connectivity index is 1.39. The molecule has 2 aromatic carbocycles. The maximum absolute atomic E-state index is 12.8. The predicted molar refractivity (Wildman–Crippen MR) is 113 cm³/mol. The molecule has 1 aliphatic heterocycles. The monoisotopic (exact) mass is 390 g/mol. The first-order chi connectivity index (χ1) is 13.8. The summed E-state index contributed by atoms with van der Waals surface area (Å²) in [4.78, 5) is 29.2. The Morgan fingerprint density at radius 1 is 0.828 bits per heavy atom. The van der Waals surface area contributed by atoms with Crippen molar-refractivity contribution in [1.29, 1.82) is 0 Å². The van der Waals surface area contributed by atoms with E-state index in [1.54, 1.807) is 11.0 Å². The van der Waals surface area contributed by atoms with Crippen LogP contribution in [0.3, 0.4) is 0 Å². The van der Waals surface area contributed by atoms with Crippen molar-refractivity contribution in [3.63, 3.8) is 0 Å². The predicted octanol–water partition coefficient (Wildman–Crippen LogP) is 4.33. The molecule has 1 fully saturated rings. The molecule has 0 radical (unpaired) electrons. The Labute approximate surface area is 170 Å². The number of carbonyl (C=O) groups is 2. The summed E-state index contributed by atoms with van der Waals surface area (Å²) in [7, 11) is 0. The molecule has 0 spiro atoms. The van der Waals surface area contributed by atoms with E-state index in [1.807, 2.05) is 53.4 Å². The summed E-state index contributed by atoms with van der Waals surface area (Å²) < 4.78 is 5.69. The van der Waals surface area contributed by atoms with E-state index in [1.165, 1.54) is 5.56 Å². The topological polar surface area (TPSA) is 53.8 Å². The minimum atomic E-state index is -0.122. The molecule has 0 unspecified atom stereocenters. The fraction of sp³-hybridized carbons (Fsp3) is 0.333. The zero-order chi connectivity index (χ0) is 20.6. The maximum atomic E-state index is 12.8. The number of amides is 2. The third-order valence-corrected chi connectivity index (χ3v) is 5.49. The second-order valence-corrected chi connectivity index (χ2v) is 8.56. The molecule has 1 aromatic heterocycles. The fourth-order valence-corrected chi connectivity index (χ4v) is 3.65. The molecule has 0 aliphatic carbocycles. The van der Waals surface area contributed by atoms with Crippen LogP contribution in [0.1, 0.15) is 47.2 Å². The first-order valence-electron chi connectivity index (χ1n) is 10.0. The molecule has 0 saturated carbocycles. The summed E-state index contributed by atoms with van der Waals surface area (Å²) in [5.74, 6) is 0.243. The summed E-state index contributed by atoms with van der Waals surface area (Å²) in [6.07, 6.45) is 0. The summed E-state index contributed by atoms with van der Waals surface area (Å²) in [5, 5.41) is 0.920. The molecule has 4 rings (SSSR count). The van der Waals surface area contributed by atoms with Crippen molar-refractivity contribution in [2.24, 2.45) is 0 Å². The molecule has 5 nitrogen and oxygen atoms in total. The quantitative estimate of drug-likeness (QED) is 0.654. The molecule has 2 heterocycles. The highest BCUT2D eigenvalue weighted by Gasteiger charge is 2.27. The highest BCUT2D eigenvalue weighted by Crippen LogP contribution is 2.23. The smallest absolute Gasteiger partial charge is 0.289 e. The molecular weight excluding hydrogens is 364 g/mol. The normalized spacial score (nSPS) is 15.0. The van der Waals surface area contributed by atoms with E-state index >= 15 is 0 Å². The highest BCUT2D eigenvalue weighted by molar-refractivity contribution is 5.97. The van der Waals surface area contributed by atoms with Gasteiger partial charge in [0.1, 0.15) is 5.58 Å². The van der Waals surface area contributed by atoms with Crippen LogP contribution in [0.15, 0.2) is 59.0 Å². The number of rotatable bonds is 2. The van der Waals surface area contributed by atoms with Crippen molar-refractivity contribution in [1.82, 2.24) is 9.80 Å². The van der Waals surface area contributed by atoms with Crippen LogP contribution in [0.25, 0.3) is 11.0 Å². The lowest BCUT2D eigenvalue weighted by Crippen LogP contribution is -2.50. The SMILES string of the molecule is CC(C)(C)c1ccc(C(=O)N2CCN(C(=O)c3cc4ccccc4o3)CC2)cc1. The Hall–Kier alpha value is -3.08. The van der Waals surface area contributed by atoms with E-state index < -0.39 is 0 Å². The van der Waals surface area contributed by atoms with Crippen molar-refractivity contribution in [3.8, 4) is 0 Å². The third kappa shape index (κ3) is 3.90. The van der Waals surface area contributed by atoms with Gasteiger partial charge in [0.15, 0.2) is 5.76 Å². The molecule has 150 valence electrons. The van der Waals surface area contributed by atoms with Gasteiger partial charge in [-0.3, -0.25) is 9.59 Å². The average Bonchev–Trinajstić information content (AvgIpc) is 3.16. The first-order valence-corrected chi connectivity index (χ1v) is 10.0. The van der Waals surface area contributed by atoms with Crippen LogP contribution < -0.4 is 0 Å². The maximum Gasteiger partial charge on any atom is 0.289 e. The van der Waals surface area contributed by atoms with Gasteiger partial charge < -0.3 is 14.2 Å². The molecule has 0 N–H and O–H groups in total. The lowest BCUT2D eigenvalue weighted by atomic mass is 9.86. The molecule has 1 saturated heterocycles. The van der Waals surface area contributed by atoms with Gasteiger partial charge in [0, 0.05) is 37.1 Å². The Kier molecular flexibility index (Phi) is 4.91. The molecule has 2 amide bonds. The van der Waals surface area contributed by atoms with Gasteiger partial charge in [-0.1, -0.05) is 51.1 Å². The molecule has 29 heavy (non-hydrogen) atoms. The van der Waals surface area contributed by atoms with E-state index in [0.29, 0.717) is 43.1 Å². The van der Waals surface area contributed by atoms with Crippen LogP contribution in [0, 0.1) is 0 Å². The first kappa shape index (κ1) is 19.2. The number of piperazine rings is 1. The van der Waals surface area contributed by atoms with Crippen LogP contribution in [0.5, 0.6) is 0 Å². The number of para-hydroxylation sites is 1. The number of carbonyl (C=O) groups excluding carboxylic acids is 2. The van der Waals surface area contributed by atoms with Crippen molar-refractivity contribution in [2.75, 3.05) is 26.2 Å². The van der Waals surface area contributed by atoms with E-state index in [2.05, 4.69) is 20.8 Å². The molecule has 3 aromatic rings. The van der Waals surface area contributed by atoms with Gasteiger partial charge >= 0.3 is 0 Å². The minimum absolute atomic E-state index is 0.0151. The van der Waals surface area contributed by atoms with Gasteiger partial charge in [-0.2, -0.15) is 0 Å². The molecule has 5 heteroatoms. The molecule has 1 aliphatic rings. The van der Waals surface area contributed by atoms with Gasteiger partial charge in [0.05, 0.1) is 0 Å². The zero-order valence-corrected chi connectivity index (χ0v) is 17.1. The standard InChI is InChI=1S/C24H26N2O3/c1-24(2,3)19-10-8-17(9-11-19)22(27)25-12-14-26(15-13-25)23(28)21-16-18-6-4-5-7-20(18)29-21/h4-11,16H,12-15H2,1-3H3. The van der Waals surface area contributed by atoms with Gasteiger partial charge in [-0.15, -0.1) is 0 Å². The van der Waals surface area contributed by atoms with E-state index in [4.69, 9.17) is 4.42 Å². The van der Waals surface area contributed by atoms with Crippen molar-refractivity contribution in [3.05, 3.63) is 71.5 Å². The average molecular weight is 390 g/mol. The largest absolute Gasteiger partial charge is 0.451 e. The van der Waals surface area contributed by atoms with Crippen molar-refractivity contribution < 1.29 is 14.0 Å². The minimum Gasteiger partial charge on any atom is -0.451 e. The zero-order valence-electron chi connectivity index (χ0n) is 17.1. The highest BCUT2D eigenvalue weighted by atomic mass is 16.3. The molecule has 0 atom stereocenters. The summed E-state index contributed by atoms with van der Waals surface area (Å²) in [6, 6.07) is 17.2. The molecule has 0 bridgehead atoms. The van der Waals surface area contributed by atoms with Crippen LogP contribution in [0.4, 0.5) is 0 Å². The van der Waals surface area contributed by atoms with Crippen molar-refractivity contribution in [2.45, 2.75) is 26.2 Å². The van der Waals surface area contributed by atoms with E-state index in [-0.39, 0.29) is 17.2 Å². The van der Waals surface area contributed by atoms with Gasteiger partial charge in [0.2, 0.25) is 0 Å². The Bertz CT molecular complexity index is 1000. The summed E-state index contributed by atoms with van der Waals surface area (Å²) in [5.41, 5.74) is 2.67. The fourth-order valence-electron chi connectivity index (χ4n) is 3.65. The number of benzene rings is 2. The third-order valence-electron chi connectivity index (χ3n) is 5.49. The van der Waals surface area contributed by atoms with Crippen LogP contribution >= 0.6 is 0 Å². The van der Waals surface area contributed by atoms with Gasteiger partial charge in [0.25, 0.3) is 11.8 Å². The number of nitrogens with zero attached hydrogens (tertiary/aromatic N) is 2. The lowest BCUT2D eigenvalue weighted by molar-refractivity contribution is 0.0519. The van der Waals surface area contributed by atoms with E-state index in [0.717, 1.165) is 5.39 Å². The lowest BCUT2D eigenvalue weighted by Gasteiger charge is -2.34. The number of fused-ring (bicyclic) bond motifs is 1. The van der Waals surface area contributed by atoms with Crippen LogP contribution in [-0.2, 0) is 5.41 Å². The Morgan fingerprint density at radius 3 is 2.00 bits per heavy atom. The second-order valence-electron chi connectivity index (χ2n) is 8.56. The molecular formula is C24H26N2O3. The summed E-state index contributed by atoms with van der Waals surface area (Å²) >= 11 is 0. The van der Waals surface area contributed by atoms with Crippen LogP contribution in [0.2, 0.25) is 0 Å². The van der Waals surface area contributed by atoms with Crippen LogP contribution in [-0.4, -0.2) is 47.8 Å². The van der Waals surface area contributed by atoms with Crippen molar-refractivity contribution >= 4 is 22.8 Å². The van der Waals surface area contributed by atoms with Gasteiger partial charge in [-0.05, 0) is 35.2 Å². The number of furan rings is 1. The van der Waals surface area contributed by atoms with Gasteiger partial charge in [-0.25, -0.2) is 0 Å². The Morgan fingerprint density at radius 2 is 1.41 bits per heavy atom. The van der Waals surface area contributed by atoms with E-state index in [9.17, 15) is 9.59 Å². The second kappa shape index (κ2) is 7.39. The number of hydrogen-bond donors (Lipinski definition) is 0. The summed E-state index contributed by atoms with van der Waals surface area (Å²) in [6.45, 7) is 8.51.